The van der Waals surface area contributed by atoms with E-state index < -0.39 is 10.0 Å². The van der Waals surface area contributed by atoms with Gasteiger partial charge in [0.2, 0.25) is 16.0 Å². The summed E-state index contributed by atoms with van der Waals surface area (Å²) in [6, 6.07) is 1.63. The van der Waals surface area contributed by atoms with Crippen LogP contribution >= 0.6 is 0 Å². The molecule has 0 fully saturated rings. The van der Waals surface area contributed by atoms with Gasteiger partial charge >= 0.3 is 0 Å². The van der Waals surface area contributed by atoms with Crippen molar-refractivity contribution >= 4 is 16.0 Å². The van der Waals surface area contributed by atoms with E-state index in [1.165, 1.54) is 0 Å². The Balaban J connectivity index is 2.10. The average Bonchev–Trinajstić information content (AvgIpc) is 2.45. The smallest absolute Gasteiger partial charge is 0.243 e. The van der Waals surface area contributed by atoms with Crippen LogP contribution in [0.5, 0.6) is 0 Å². The zero-order valence-electron chi connectivity index (χ0n) is 10.6. The van der Waals surface area contributed by atoms with Crippen molar-refractivity contribution in [1.29, 1.82) is 0 Å². The van der Waals surface area contributed by atoms with Gasteiger partial charge in [-0.2, -0.15) is 0 Å². The first-order chi connectivity index (χ1) is 9.51. The molecule has 10 heteroatoms. The average molecular weight is 295 g/mol. The minimum absolute atomic E-state index is 0.0534. The standard InChI is InChI=1S/C10H13N7O2S/c1-7-12-3-2-8(16-7)4-15-20(18,19)9-5-13-10(17-11)14-6-9/h2-3,5-6,15H,4,11H2,1H3,(H,13,14,17). The minimum Gasteiger partial charge on any atom is -0.292 e. The number of hydrazine groups is 1. The van der Waals surface area contributed by atoms with Crippen LogP contribution < -0.4 is 16.0 Å². The number of hydrogen-bond acceptors (Lipinski definition) is 8. The molecule has 0 saturated heterocycles. The van der Waals surface area contributed by atoms with Crippen LogP contribution in [-0.2, 0) is 16.6 Å². The van der Waals surface area contributed by atoms with Crippen molar-refractivity contribution in [2.75, 3.05) is 5.43 Å². The molecule has 106 valence electrons. The van der Waals surface area contributed by atoms with Crippen LogP contribution in [0.25, 0.3) is 0 Å². The lowest BCUT2D eigenvalue weighted by Gasteiger charge is -2.06. The normalized spacial score (nSPS) is 11.3. The molecule has 4 N–H and O–H groups in total. The topological polar surface area (TPSA) is 136 Å². The Kier molecular flexibility index (Phi) is 4.17. The largest absolute Gasteiger partial charge is 0.292 e. The summed E-state index contributed by atoms with van der Waals surface area (Å²) in [4.78, 5) is 15.5. The minimum atomic E-state index is -3.70. The van der Waals surface area contributed by atoms with Crippen LogP contribution in [0.2, 0.25) is 0 Å². The van der Waals surface area contributed by atoms with Crippen LogP contribution in [0.4, 0.5) is 5.95 Å². The van der Waals surface area contributed by atoms with Gasteiger partial charge in [0.15, 0.2) is 0 Å². The van der Waals surface area contributed by atoms with E-state index in [1.807, 2.05) is 0 Å². The summed E-state index contributed by atoms with van der Waals surface area (Å²) >= 11 is 0. The van der Waals surface area contributed by atoms with Gasteiger partial charge in [-0.3, -0.25) is 5.43 Å². The highest BCUT2D eigenvalue weighted by molar-refractivity contribution is 7.89. The molecular formula is C10H13N7O2S. The van der Waals surface area contributed by atoms with E-state index in [4.69, 9.17) is 5.84 Å². The van der Waals surface area contributed by atoms with Gasteiger partial charge < -0.3 is 0 Å². The molecule has 0 atom stereocenters. The molecule has 20 heavy (non-hydrogen) atoms. The zero-order valence-corrected chi connectivity index (χ0v) is 11.4. The highest BCUT2D eigenvalue weighted by atomic mass is 32.2. The third-order valence-electron chi connectivity index (χ3n) is 2.34. The summed E-state index contributed by atoms with van der Waals surface area (Å²) in [7, 11) is -3.70. The van der Waals surface area contributed by atoms with Gasteiger partial charge in [0, 0.05) is 6.20 Å². The lowest BCUT2D eigenvalue weighted by atomic mass is 10.4. The number of nitrogens with two attached hydrogens (primary N) is 1. The fourth-order valence-electron chi connectivity index (χ4n) is 1.39. The van der Waals surface area contributed by atoms with Crippen LogP contribution in [0, 0.1) is 6.92 Å². The number of nitrogens with one attached hydrogen (secondary N) is 2. The molecule has 2 heterocycles. The van der Waals surface area contributed by atoms with Crippen molar-refractivity contribution in [3.05, 3.63) is 36.2 Å². The van der Waals surface area contributed by atoms with Crippen molar-refractivity contribution < 1.29 is 8.42 Å². The van der Waals surface area contributed by atoms with Gasteiger partial charge in [-0.1, -0.05) is 0 Å². The Hall–Kier alpha value is -2.17. The van der Waals surface area contributed by atoms with Crippen molar-refractivity contribution in [2.24, 2.45) is 5.84 Å². The van der Waals surface area contributed by atoms with E-state index in [0.29, 0.717) is 11.5 Å². The van der Waals surface area contributed by atoms with Gasteiger partial charge in [0.05, 0.1) is 24.6 Å². The highest BCUT2D eigenvalue weighted by Crippen LogP contribution is 2.07. The molecule has 2 aromatic rings. The molecule has 0 spiro atoms. The zero-order chi connectivity index (χ0) is 14.6. The molecule has 2 aromatic heterocycles. The third kappa shape index (κ3) is 3.44. The fourth-order valence-corrected chi connectivity index (χ4v) is 2.27. The number of rotatable bonds is 5. The first kappa shape index (κ1) is 14.2. The molecule has 0 aliphatic rings. The van der Waals surface area contributed by atoms with Gasteiger partial charge in [0.1, 0.15) is 10.7 Å². The summed E-state index contributed by atoms with van der Waals surface area (Å²) < 4.78 is 26.4. The van der Waals surface area contributed by atoms with E-state index in [1.54, 1.807) is 19.2 Å². The number of nitrogen functional groups attached to an aromatic ring is 1. The summed E-state index contributed by atoms with van der Waals surface area (Å²) in [6.07, 6.45) is 3.89. The third-order valence-corrected chi connectivity index (χ3v) is 3.70. The number of sulfonamides is 1. The summed E-state index contributed by atoms with van der Waals surface area (Å²) in [5.74, 6) is 5.81. The first-order valence-corrected chi connectivity index (χ1v) is 7.06. The van der Waals surface area contributed by atoms with E-state index in [-0.39, 0.29) is 17.4 Å². The molecule has 0 saturated carbocycles. The number of aromatic nitrogens is 4. The predicted molar refractivity (Wildman–Crippen MR) is 70.6 cm³/mol. The maximum Gasteiger partial charge on any atom is 0.243 e. The van der Waals surface area contributed by atoms with Gasteiger partial charge in [-0.25, -0.2) is 38.9 Å². The van der Waals surface area contributed by atoms with E-state index in [9.17, 15) is 8.42 Å². The van der Waals surface area contributed by atoms with Gasteiger partial charge in [-0.05, 0) is 13.0 Å². The number of hydrogen-bond donors (Lipinski definition) is 3. The Morgan fingerprint density at radius 1 is 1.25 bits per heavy atom. The van der Waals surface area contributed by atoms with E-state index >= 15 is 0 Å². The summed E-state index contributed by atoms with van der Waals surface area (Å²) in [6.45, 7) is 1.78. The predicted octanol–water partition coefficient (Wildman–Crippen LogP) is -0.661. The monoisotopic (exact) mass is 295 g/mol. The Bertz CT molecular complexity index is 687. The van der Waals surface area contributed by atoms with Crippen LogP contribution in [0.15, 0.2) is 29.6 Å². The molecule has 0 bridgehead atoms. The molecule has 9 nitrogen and oxygen atoms in total. The maximum atomic E-state index is 12.0. The number of anilines is 1. The number of nitrogens with zero attached hydrogens (tertiary/aromatic N) is 4. The lowest BCUT2D eigenvalue weighted by molar-refractivity contribution is 0.579. The summed E-state index contributed by atoms with van der Waals surface area (Å²) in [5, 5.41) is 0. The van der Waals surface area contributed by atoms with Gasteiger partial charge in [0.25, 0.3) is 0 Å². The maximum absolute atomic E-state index is 12.0. The second-order valence-electron chi connectivity index (χ2n) is 3.81. The van der Waals surface area contributed by atoms with Crippen molar-refractivity contribution in [2.45, 2.75) is 18.4 Å². The van der Waals surface area contributed by atoms with E-state index in [0.717, 1.165) is 12.4 Å². The van der Waals surface area contributed by atoms with E-state index in [2.05, 4.69) is 30.1 Å². The Morgan fingerprint density at radius 2 is 1.95 bits per heavy atom. The highest BCUT2D eigenvalue weighted by Gasteiger charge is 2.15. The van der Waals surface area contributed by atoms with Crippen LogP contribution in [0.1, 0.15) is 11.5 Å². The SMILES string of the molecule is Cc1nccc(CNS(=O)(=O)c2cnc(NN)nc2)n1. The second kappa shape index (κ2) is 5.86. The quantitative estimate of drug-likeness (QED) is 0.488. The van der Waals surface area contributed by atoms with Crippen molar-refractivity contribution in [1.82, 2.24) is 24.7 Å². The fraction of sp³-hybridized carbons (Fsp3) is 0.200. The molecular weight excluding hydrogens is 282 g/mol. The molecule has 2 rings (SSSR count). The van der Waals surface area contributed by atoms with Gasteiger partial charge in [-0.15, -0.1) is 0 Å². The number of aryl methyl sites for hydroxylation is 1. The van der Waals surface area contributed by atoms with Crippen molar-refractivity contribution in [3.63, 3.8) is 0 Å². The second-order valence-corrected chi connectivity index (χ2v) is 5.57. The molecule has 0 aliphatic carbocycles. The van der Waals surface area contributed by atoms with Crippen molar-refractivity contribution in [3.8, 4) is 0 Å². The molecule has 0 aliphatic heterocycles. The van der Waals surface area contributed by atoms with Crippen LogP contribution in [-0.4, -0.2) is 28.4 Å². The Labute approximate surface area is 115 Å². The Morgan fingerprint density at radius 3 is 2.55 bits per heavy atom. The molecule has 0 amide bonds. The lowest BCUT2D eigenvalue weighted by Crippen LogP contribution is -2.24. The molecule has 0 unspecified atom stereocenters. The molecule has 0 aromatic carbocycles. The molecule has 0 radical (unpaired) electrons. The summed E-state index contributed by atoms with van der Waals surface area (Å²) in [5.41, 5.74) is 2.79. The van der Waals surface area contributed by atoms with Crippen LogP contribution in [0.3, 0.4) is 0 Å². The first-order valence-electron chi connectivity index (χ1n) is 5.58.